The highest BCUT2D eigenvalue weighted by Crippen LogP contribution is 2.25. The van der Waals surface area contributed by atoms with Crippen molar-refractivity contribution in [3.63, 3.8) is 0 Å². The second-order valence-corrected chi connectivity index (χ2v) is 7.60. The largest absolute Gasteiger partial charge is 0.379 e. The Balaban J connectivity index is 1.61. The molecule has 0 saturated carbocycles. The number of nitrogens with zero attached hydrogens (tertiary/aromatic N) is 1. The van der Waals surface area contributed by atoms with Crippen molar-refractivity contribution in [1.29, 1.82) is 0 Å². The molecule has 0 aliphatic carbocycles. The van der Waals surface area contributed by atoms with Crippen molar-refractivity contribution in [2.45, 2.75) is 19.9 Å². The van der Waals surface area contributed by atoms with Crippen LogP contribution in [0, 0.1) is 13.8 Å². The zero-order valence-corrected chi connectivity index (χ0v) is 16.2. The highest BCUT2D eigenvalue weighted by atomic mass is 32.1. The Kier molecular flexibility index (Phi) is 6.61. The van der Waals surface area contributed by atoms with Crippen LogP contribution in [0.25, 0.3) is 6.08 Å². The van der Waals surface area contributed by atoms with Crippen LogP contribution in [0.4, 0.5) is 0 Å². The van der Waals surface area contributed by atoms with Gasteiger partial charge in [0.1, 0.15) is 0 Å². The molecule has 1 amide bonds. The molecule has 0 spiro atoms. The lowest BCUT2D eigenvalue weighted by atomic mass is 10.1. The van der Waals surface area contributed by atoms with Crippen LogP contribution in [-0.2, 0) is 9.53 Å². The first-order valence-electron chi connectivity index (χ1n) is 9.02. The highest BCUT2D eigenvalue weighted by Gasteiger charge is 2.23. The molecule has 0 bridgehead atoms. The first-order chi connectivity index (χ1) is 12.6. The standard InChI is InChI=1S/C21H26N2O2S/c1-16-5-6-18(17(2)14-16)7-8-21(24)22-15-19(20-4-3-13-26-20)23-9-11-25-12-10-23/h3-8,13-14,19H,9-12,15H2,1-2H3,(H,22,24). The van der Waals surface area contributed by atoms with Crippen LogP contribution in [0.1, 0.15) is 27.6 Å². The van der Waals surface area contributed by atoms with Gasteiger partial charge in [0, 0.05) is 30.6 Å². The van der Waals surface area contributed by atoms with Gasteiger partial charge in [0.2, 0.25) is 5.91 Å². The highest BCUT2D eigenvalue weighted by molar-refractivity contribution is 7.10. The predicted molar refractivity (Wildman–Crippen MR) is 107 cm³/mol. The molecule has 3 rings (SSSR count). The molecule has 5 heteroatoms. The number of hydrogen-bond acceptors (Lipinski definition) is 4. The SMILES string of the molecule is Cc1ccc(C=CC(=O)NCC(c2cccs2)N2CCOCC2)c(C)c1. The topological polar surface area (TPSA) is 41.6 Å². The molecule has 1 saturated heterocycles. The van der Waals surface area contributed by atoms with E-state index in [1.165, 1.54) is 16.0 Å². The number of thiophene rings is 1. The zero-order valence-electron chi connectivity index (χ0n) is 15.4. The van der Waals surface area contributed by atoms with E-state index in [0.717, 1.165) is 31.9 Å². The summed E-state index contributed by atoms with van der Waals surface area (Å²) in [6, 6.07) is 10.7. The molecular formula is C21H26N2O2S. The van der Waals surface area contributed by atoms with Gasteiger partial charge in [-0.25, -0.2) is 0 Å². The van der Waals surface area contributed by atoms with Crippen LogP contribution < -0.4 is 5.32 Å². The summed E-state index contributed by atoms with van der Waals surface area (Å²) in [5.41, 5.74) is 3.49. The van der Waals surface area contributed by atoms with Gasteiger partial charge in [-0.2, -0.15) is 0 Å². The van der Waals surface area contributed by atoms with Crippen LogP contribution in [0.3, 0.4) is 0 Å². The summed E-state index contributed by atoms with van der Waals surface area (Å²) in [5, 5.41) is 5.16. The fraction of sp³-hybridized carbons (Fsp3) is 0.381. The number of rotatable bonds is 6. The van der Waals surface area contributed by atoms with Crippen molar-refractivity contribution in [1.82, 2.24) is 10.2 Å². The van der Waals surface area contributed by atoms with Gasteiger partial charge >= 0.3 is 0 Å². The van der Waals surface area contributed by atoms with E-state index in [4.69, 9.17) is 4.74 Å². The van der Waals surface area contributed by atoms with E-state index in [1.54, 1.807) is 17.4 Å². The van der Waals surface area contributed by atoms with Gasteiger partial charge in [0.05, 0.1) is 19.3 Å². The maximum absolute atomic E-state index is 12.3. The molecular weight excluding hydrogens is 344 g/mol. The fourth-order valence-corrected chi connectivity index (χ4v) is 4.07. The maximum Gasteiger partial charge on any atom is 0.244 e. The molecule has 1 aromatic carbocycles. The lowest BCUT2D eigenvalue weighted by molar-refractivity contribution is -0.116. The van der Waals surface area contributed by atoms with Crippen molar-refractivity contribution >= 4 is 23.3 Å². The van der Waals surface area contributed by atoms with E-state index in [2.05, 4.69) is 59.8 Å². The Morgan fingerprint density at radius 3 is 2.81 bits per heavy atom. The number of aryl methyl sites for hydroxylation is 2. The lowest BCUT2D eigenvalue weighted by Crippen LogP contribution is -2.43. The molecule has 1 fully saturated rings. The van der Waals surface area contributed by atoms with Gasteiger partial charge in [0.25, 0.3) is 0 Å². The summed E-state index contributed by atoms with van der Waals surface area (Å²) < 4.78 is 5.46. The minimum absolute atomic E-state index is 0.0557. The minimum Gasteiger partial charge on any atom is -0.379 e. The quantitative estimate of drug-likeness (QED) is 0.791. The Labute approximate surface area is 159 Å². The number of morpholine rings is 1. The lowest BCUT2D eigenvalue weighted by Gasteiger charge is -2.34. The van der Waals surface area contributed by atoms with Crippen molar-refractivity contribution in [2.24, 2.45) is 0 Å². The van der Waals surface area contributed by atoms with Gasteiger partial charge in [-0.05, 0) is 42.5 Å². The second kappa shape index (κ2) is 9.12. The summed E-state index contributed by atoms with van der Waals surface area (Å²) in [6.07, 6.45) is 3.52. The van der Waals surface area contributed by atoms with Gasteiger partial charge < -0.3 is 10.1 Å². The number of benzene rings is 1. The molecule has 2 aromatic rings. The Morgan fingerprint density at radius 2 is 2.12 bits per heavy atom. The fourth-order valence-electron chi connectivity index (χ4n) is 3.21. The van der Waals surface area contributed by atoms with Crippen molar-refractivity contribution < 1.29 is 9.53 Å². The number of hydrogen-bond donors (Lipinski definition) is 1. The van der Waals surface area contributed by atoms with Gasteiger partial charge in [-0.3, -0.25) is 9.69 Å². The van der Waals surface area contributed by atoms with Crippen LogP contribution in [0.15, 0.2) is 41.8 Å². The summed E-state index contributed by atoms with van der Waals surface area (Å²) in [5.74, 6) is -0.0557. The van der Waals surface area contributed by atoms with Crippen LogP contribution in [-0.4, -0.2) is 43.7 Å². The normalized spacial score (nSPS) is 16.7. The zero-order chi connectivity index (χ0) is 18.4. The maximum atomic E-state index is 12.3. The summed E-state index contributed by atoms with van der Waals surface area (Å²) in [6.45, 7) is 8.05. The molecule has 138 valence electrons. The van der Waals surface area contributed by atoms with E-state index in [1.807, 2.05) is 6.08 Å². The number of ether oxygens (including phenoxy) is 1. The Hall–Kier alpha value is -1.95. The molecule has 1 N–H and O–H groups in total. The number of carbonyl (C=O) groups excluding carboxylic acids is 1. The molecule has 1 aliphatic rings. The Morgan fingerprint density at radius 1 is 1.31 bits per heavy atom. The van der Waals surface area contributed by atoms with E-state index < -0.39 is 0 Å². The average molecular weight is 371 g/mol. The van der Waals surface area contributed by atoms with E-state index in [9.17, 15) is 4.79 Å². The summed E-state index contributed by atoms with van der Waals surface area (Å²) in [7, 11) is 0. The monoisotopic (exact) mass is 370 g/mol. The number of amides is 1. The van der Waals surface area contributed by atoms with Gasteiger partial charge in [-0.15, -0.1) is 11.3 Å². The summed E-state index contributed by atoms with van der Waals surface area (Å²) in [4.78, 5) is 16.0. The predicted octanol–water partition coefficient (Wildman–Crippen LogP) is 3.57. The Bertz CT molecular complexity index is 749. The van der Waals surface area contributed by atoms with E-state index >= 15 is 0 Å². The molecule has 1 aromatic heterocycles. The summed E-state index contributed by atoms with van der Waals surface area (Å²) >= 11 is 1.74. The first kappa shape index (κ1) is 18.8. The molecule has 26 heavy (non-hydrogen) atoms. The van der Waals surface area contributed by atoms with Gasteiger partial charge in [0.15, 0.2) is 0 Å². The smallest absolute Gasteiger partial charge is 0.244 e. The minimum atomic E-state index is -0.0557. The molecule has 2 heterocycles. The van der Waals surface area contributed by atoms with Crippen molar-refractivity contribution in [2.75, 3.05) is 32.8 Å². The number of carbonyl (C=O) groups is 1. The van der Waals surface area contributed by atoms with Crippen LogP contribution in [0.5, 0.6) is 0 Å². The third-order valence-corrected chi connectivity index (χ3v) is 5.64. The molecule has 0 radical (unpaired) electrons. The van der Waals surface area contributed by atoms with Crippen LogP contribution >= 0.6 is 11.3 Å². The molecule has 1 unspecified atom stereocenters. The van der Waals surface area contributed by atoms with E-state index in [0.29, 0.717) is 6.54 Å². The third-order valence-electron chi connectivity index (χ3n) is 4.67. The molecule has 4 nitrogen and oxygen atoms in total. The third kappa shape index (κ3) is 5.04. The first-order valence-corrected chi connectivity index (χ1v) is 9.90. The number of nitrogens with one attached hydrogen (secondary N) is 1. The van der Waals surface area contributed by atoms with Crippen molar-refractivity contribution in [3.05, 3.63) is 63.4 Å². The molecule has 1 aliphatic heterocycles. The second-order valence-electron chi connectivity index (χ2n) is 6.62. The average Bonchev–Trinajstić information content (AvgIpc) is 3.16. The molecule has 1 atom stereocenters. The van der Waals surface area contributed by atoms with Gasteiger partial charge in [-0.1, -0.05) is 29.8 Å². The van der Waals surface area contributed by atoms with Crippen LogP contribution in [0.2, 0.25) is 0 Å². The van der Waals surface area contributed by atoms with Crippen molar-refractivity contribution in [3.8, 4) is 0 Å². The van der Waals surface area contributed by atoms with E-state index in [-0.39, 0.29) is 11.9 Å².